The van der Waals surface area contributed by atoms with E-state index in [2.05, 4.69) is 0 Å². The third-order valence-electron chi connectivity index (χ3n) is 1.03. The Bertz CT molecular complexity index is 184. The molecular formula is C6H10O6. The van der Waals surface area contributed by atoms with E-state index in [0.717, 1.165) is 0 Å². The van der Waals surface area contributed by atoms with E-state index in [0.29, 0.717) is 0 Å². The van der Waals surface area contributed by atoms with Crippen molar-refractivity contribution in [2.45, 2.75) is 19.3 Å². The highest BCUT2D eigenvalue weighted by Crippen LogP contribution is 1.95. The maximum absolute atomic E-state index is 10.3. The van der Waals surface area contributed by atoms with Gasteiger partial charge in [-0.1, -0.05) is 0 Å². The number of carbonyl (C=O) groups excluding carboxylic acids is 1. The lowest BCUT2D eigenvalue weighted by Crippen LogP contribution is -2.12. The van der Waals surface area contributed by atoms with Gasteiger partial charge in [0.05, 0.1) is 0 Å². The van der Waals surface area contributed by atoms with Crippen LogP contribution in [0.4, 0.5) is 0 Å². The predicted molar refractivity (Wildman–Crippen MR) is 37.7 cm³/mol. The second-order valence-corrected chi connectivity index (χ2v) is 1.98. The number of carboxylic acid groups (broad SMARTS) is 2. The van der Waals surface area contributed by atoms with E-state index in [9.17, 15) is 14.4 Å². The molecule has 6 heteroatoms. The van der Waals surface area contributed by atoms with E-state index in [1.54, 1.807) is 0 Å². The van der Waals surface area contributed by atoms with Crippen LogP contribution in [0.3, 0.4) is 0 Å². The highest BCUT2D eigenvalue weighted by atomic mass is 16.4. The third-order valence-corrected chi connectivity index (χ3v) is 1.03. The van der Waals surface area contributed by atoms with Gasteiger partial charge in [0.2, 0.25) is 5.78 Å². The zero-order chi connectivity index (χ0) is 8.85. The molecule has 6 nitrogen and oxygen atoms in total. The minimum Gasteiger partial charge on any atom is -0.481 e. The fourth-order valence-corrected chi connectivity index (χ4v) is 0.507. The SMILES string of the molecule is O.O=C(O)CCCC(=O)C(=O)O. The molecule has 0 heterocycles. The maximum atomic E-state index is 10.3. The van der Waals surface area contributed by atoms with Crippen LogP contribution in [-0.4, -0.2) is 33.4 Å². The van der Waals surface area contributed by atoms with Crippen LogP contribution in [0.15, 0.2) is 0 Å². The van der Waals surface area contributed by atoms with Crippen molar-refractivity contribution in [3.63, 3.8) is 0 Å². The molecule has 0 spiro atoms. The molecule has 70 valence electrons. The highest BCUT2D eigenvalue weighted by molar-refractivity contribution is 6.32. The number of aliphatic carboxylic acids is 2. The van der Waals surface area contributed by atoms with Crippen LogP contribution >= 0.6 is 0 Å². The minimum atomic E-state index is -1.50. The fourth-order valence-electron chi connectivity index (χ4n) is 0.507. The van der Waals surface area contributed by atoms with E-state index >= 15 is 0 Å². The number of ketones is 1. The summed E-state index contributed by atoms with van der Waals surface area (Å²) in [5, 5.41) is 16.2. The number of carboxylic acids is 2. The summed E-state index contributed by atoms with van der Waals surface area (Å²) in [7, 11) is 0. The molecule has 0 amide bonds. The van der Waals surface area contributed by atoms with Crippen LogP contribution in [0, 0.1) is 0 Å². The number of hydrogen-bond donors (Lipinski definition) is 2. The van der Waals surface area contributed by atoms with E-state index < -0.39 is 17.7 Å². The zero-order valence-corrected chi connectivity index (χ0v) is 6.24. The smallest absolute Gasteiger partial charge is 0.372 e. The van der Waals surface area contributed by atoms with Gasteiger partial charge < -0.3 is 15.7 Å². The lowest BCUT2D eigenvalue weighted by atomic mass is 10.2. The monoisotopic (exact) mass is 178 g/mol. The molecule has 0 fully saturated rings. The average molecular weight is 178 g/mol. The number of hydrogen-bond acceptors (Lipinski definition) is 3. The van der Waals surface area contributed by atoms with Crippen molar-refractivity contribution >= 4 is 17.7 Å². The lowest BCUT2D eigenvalue weighted by Gasteiger charge is -1.91. The standard InChI is InChI=1S/C6H8O5.H2O/c7-4(6(10)11)2-1-3-5(8)9;/h1-3H2,(H,8,9)(H,10,11);1H2. The summed E-state index contributed by atoms with van der Waals surface area (Å²) in [6.07, 6.45) is -0.291. The van der Waals surface area contributed by atoms with Crippen LogP contribution in [0.2, 0.25) is 0 Å². The molecule has 4 N–H and O–H groups in total. The number of rotatable bonds is 5. The Morgan fingerprint density at radius 3 is 1.83 bits per heavy atom. The molecule has 0 rings (SSSR count). The minimum absolute atomic E-state index is 0. The molecule has 0 radical (unpaired) electrons. The van der Waals surface area contributed by atoms with E-state index in [4.69, 9.17) is 10.2 Å². The second kappa shape index (κ2) is 6.29. The van der Waals surface area contributed by atoms with Crippen molar-refractivity contribution in [2.75, 3.05) is 0 Å². The molecule has 0 aromatic heterocycles. The molecule has 0 aliphatic rings. The van der Waals surface area contributed by atoms with Crippen molar-refractivity contribution in [3.8, 4) is 0 Å². The Morgan fingerprint density at radius 1 is 1.00 bits per heavy atom. The first kappa shape index (κ1) is 13.2. The third kappa shape index (κ3) is 6.69. The van der Waals surface area contributed by atoms with Crippen LogP contribution in [0.5, 0.6) is 0 Å². The van der Waals surface area contributed by atoms with Crippen molar-refractivity contribution in [3.05, 3.63) is 0 Å². The second-order valence-electron chi connectivity index (χ2n) is 1.98. The quantitative estimate of drug-likeness (QED) is 0.526. The Kier molecular flexibility index (Phi) is 6.91. The molecule has 0 aliphatic heterocycles. The largest absolute Gasteiger partial charge is 0.481 e. The van der Waals surface area contributed by atoms with Gasteiger partial charge in [0, 0.05) is 12.8 Å². The van der Waals surface area contributed by atoms with Gasteiger partial charge in [-0.3, -0.25) is 9.59 Å². The van der Waals surface area contributed by atoms with E-state index in [1.165, 1.54) is 0 Å². The topological polar surface area (TPSA) is 123 Å². The van der Waals surface area contributed by atoms with Gasteiger partial charge in [-0.05, 0) is 6.42 Å². The summed E-state index contributed by atoms with van der Waals surface area (Å²) in [6.45, 7) is 0. The van der Waals surface area contributed by atoms with Crippen molar-refractivity contribution < 1.29 is 30.1 Å². The summed E-state index contributed by atoms with van der Waals surface area (Å²) < 4.78 is 0. The van der Waals surface area contributed by atoms with Crippen molar-refractivity contribution in [2.24, 2.45) is 0 Å². The molecule has 0 aromatic carbocycles. The molecule has 0 aliphatic carbocycles. The summed E-state index contributed by atoms with van der Waals surface area (Å²) >= 11 is 0. The van der Waals surface area contributed by atoms with Crippen LogP contribution in [0.25, 0.3) is 0 Å². The Hall–Kier alpha value is -1.43. The Morgan fingerprint density at radius 2 is 1.50 bits per heavy atom. The lowest BCUT2D eigenvalue weighted by molar-refractivity contribution is -0.149. The average Bonchev–Trinajstić information content (AvgIpc) is 1.86. The van der Waals surface area contributed by atoms with Crippen LogP contribution < -0.4 is 0 Å². The van der Waals surface area contributed by atoms with Gasteiger partial charge in [-0.25, -0.2) is 4.79 Å². The first-order valence-electron chi connectivity index (χ1n) is 3.02. The Labute approximate surface area is 68.1 Å². The zero-order valence-electron chi connectivity index (χ0n) is 6.24. The molecular weight excluding hydrogens is 168 g/mol. The fraction of sp³-hybridized carbons (Fsp3) is 0.500. The molecule has 0 unspecified atom stereocenters. The normalized spacial score (nSPS) is 8.33. The molecule has 0 bridgehead atoms. The summed E-state index contributed by atoms with van der Waals surface area (Å²) in [5.74, 6) is -3.47. The predicted octanol–water partition coefficient (Wildman–Crippen LogP) is -0.930. The maximum Gasteiger partial charge on any atom is 0.372 e. The van der Waals surface area contributed by atoms with Gasteiger partial charge in [-0.15, -0.1) is 0 Å². The summed E-state index contributed by atoms with van der Waals surface area (Å²) in [6, 6.07) is 0. The molecule has 0 saturated heterocycles. The number of carbonyl (C=O) groups is 3. The van der Waals surface area contributed by atoms with Crippen LogP contribution in [0.1, 0.15) is 19.3 Å². The Balaban J connectivity index is 0. The summed E-state index contributed by atoms with van der Waals surface area (Å²) in [5.41, 5.74) is 0. The molecule has 0 saturated carbocycles. The van der Waals surface area contributed by atoms with Gasteiger partial charge >= 0.3 is 11.9 Å². The van der Waals surface area contributed by atoms with E-state index in [-0.39, 0.29) is 24.7 Å². The molecule has 0 aromatic rings. The van der Waals surface area contributed by atoms with Crippen molar-refractivity contribution in [1.82, 2.24) is 0 Å². The van der Waals surface area contributed by atoms with Gasteiger partial charge in [0.1, 0.15) is 0 Å². The van der Waals surface area contributed by atoms with Gasteiger partial charge in [0.25, 0.3) is 0 Å². The molecule has 12 heavy (non-hydrogen) atoms. The van der Waals surface area contributed by atoms with Crippen LogP contribution in [-0.2, 0) is 14.4 Å². The van der Waals surface area contributed by atoms with Gasteiger partial charge in [-0.2, -0.15) is 0 Å². The van der Waals surface area contributed by atoms with Crippen molar-refractivity contribution in [1.29, 1.82) is 0 Å². The first-order chi connectivity index (χ1) is 5.04. The van der Waals surface area contributed by atoms with Gasteiger partial charge in [0.15, 0.2) is 0 Å². The summed E-state index contributed by atoms with van der Waals surface area (Å²) in [4.78, 5) is 30.1. The highest BCUT2D eigenvalue weighted by Gasteiger charge is 2.10. The first-order valence-corrected chi connectivity index (χ1v) is 3.02. The number of Topliss-reactive ketones (excluding diaryl/α,β-unsaturated/α-hetero) is 1. The van der Waals surface area contributed by atoms with E-state index in [1.807, 2.05) is 0 Å². The molecule has 0 atom stereocenters.